The van der Waals surface area contributed by atoms with Gasteiger partial charge in [0.25, 0.3) is 5.91 Å². The van der Waals surface area contributed by atoms with Crippen LogP contribution < -0.4 is 5.32 Å². The molecule has 0 bridgehead atoms. The van der Waals surface area contributed by atoms with Gasteiger partial charge in [0, 0.05) is 24.7 Å². The van der Waals surface area contributed by atoms with Crippen molar-refractivity contribution >= 4 is 11.6 Å². The fourth-order valence-electron chi connectivity index (χ4n) is 2.96. The van der Waals surface area contributed by atoms with Gasteiger partial charge in [-0.25, -0.2) is 4.98 Å². The van der Waals surface area contributed by atoms with Crippen LogP contribution in [-0.2, 0) is 10.2 Å². The molecule has 1 aliphatic rings. The van der Waals surface area contributed by atoms with E-state index in [2.05, 4.69) is 10.3 Å². The smallest absolute Gasteiger partial charge is 0.277 e. The summed E-state index contributed by atoms with van der Waals surface area (Å²) in [6, 6.07) is 5.33. The number of anilines is 1. The first kappa shape index (κ1) is 17.5. The predicted octanol–water partition coefficient (Wildman–Crippen LogP) is 3.82. The van der Waals surface area contributed by atoms with Gasteiger partial charge >= 0.3 is 0 Å². The van der Waals surface area contributed by atoms with E-state index < -0.39 is 5.91 Å². The van der Waals surface area contributed by atoms with Crippen LogP contribution >= 0.6 is 0 Å². The van der Waals surface area contributed by atoms with Crippen molar-refractivity contribution in [3.8, 4) is 5.75 Å². The molecule has 1 aliphatic heterocycles. The quantitative estimate of drug-likeness (QED) is 0.827. The van der Waals surface area contributed by atoms with Crippen molar-refractivity contribution in [2.24, 2.45) is 0 Å². The summed E-state index contributed by atoms with van der Waals surface area (Å²) >= 11 is 0. The largest absolute Gasteiger partial charge is 0.505 e. The van der Waals surface area contributed by atoms with Gasteiger partial charge in [-0.2, -0.15) is 0 Å². The average molecular weight is 344 g/mol. The Morgan fingerprint density at radius 2 is 2.00 bits per heavy atom. The van der Waals surface area contributed by atoms with Gasteiger partial charge in [-0.05, 0) is 24.3 Å². The van der Waals surface area contributed by atoms with E-state index in [0.717, 1.165) is 18.4 Å². The molecule has 134 valence electrons. The summed E-state index contributed by atoms with van der Waals surface area (Å²) in [5.74, 6) is 0.439. The van der Waals surface area contributed by atoms with Gasteiger partial charge in [-0.3, -0.25) is 4.79 Å². The molecule has 6 nitrogen and oxygen atoms in total. The third kappa shape index (κ3) is 3.85. The molecule has 2 N–H and O–H groups in total. The molecule has 1 aromatic carbocycles. The number of oxazole rings is 1. The zero-order valence-corrected chi connectivity index (χ0v) is 14.8. The van der Waals surface area contributed by atoms with Gasteiger partial charge < -0.3 is 19.6 Å². The zero-order valence-electron chi connectivity index (χ0n) is 14.8. The molecule has 3 rings (SSSR count). The summed E-state index contributed by atoms with van der Waals surface area (Å²) in [4.78, 5) is 16.8. The van der Waals surface area contributed by atoms with Crippen LogP contribution in [-0.4, -0.2) is 29.2 Å². The Balaban J connectivity index is 1.76. The molecular formula is C19H24N2O4. The molecule has 0 radical (unpaired) electrons. The van der Waals surface area contributed by atoms with Crippen LogP contribution in [0.2, 0.25) is 0 Å². The molecule has 1 amide bonds. The molecule has 2 heterocycles. The Labute approximate surface area is 147 Å². The summed E-state index contributed by atoms with van der Waals surface area (Å²) in [5, 5.41) is 13.2. The molecule has 25 heavy (non-hydrogen) atoms. The molecule has 2 aromatic rings. The molecule has 1 fully saturated rings. The molecule has 0 unspecified atom stereocenters. The molecule has 1 aromatic heterocycles. The highest BCUT2D eigenvalue weighted by Crippen LogP contribution is 2.36. The number of carbonyl (C=O) groups excluding carboxylic acids is 1. The Bertz CT molecular complexity index is 755. The Hall–Kier alpha value is -2.34. The minimum Gasteiger partial charge on any atom is -0.505 e. The van der Waals surface area contributed by atoms with E-state index in [1.54, 1.807) is 6.07 Å². The Morgan fingerprint density at radius 1 is 1.28 bits per heavy atom. The lowest BCUT2D eigenvalue weighted by atomic mass is 9.86. The Kier molecular flexibility index (Phi) is 4.81. The van der Waals surface area contributed by atoms with Gasteiger partial charge in [0.1, 0.15) is 12.0 Å². The third-order valence-corrected chi connectivity index (χ3v) is 4.42. The van der Waals surface area contributed by atoms with Crippen LogP contribution in [0.15, 0.2) is 28.9 Å². The number of benzene rings is 1. The highest BCUT2D eigenvalue weighted by molar-refractivity contribution is 6.03. The summed E-state index contributed by atoms with van der Waals surface area (Å²) in [5.41, 5.74) is 1.12. The van der Waals surface area contributed by atoms with Crippen molar-refractivity contribution in [1.82, 2.24) is 4.98 Å². The van der Waals surface area contributed by atoms with E-state index in [9.17, 15) is 9.90 Å². The van der Waals surface area contributed by atoms with Crippen molar-refractivity contribution in [3.05, 3.63) is 41.6 Å². The highest BCUT2D eigenvalue weighted by Gasteiger charge is 2.24. The second kappa shape index (κ2) is 6.88. The number of rotatable bonds is 3. The topological polar surface area (TPSA) is 84.6 Å². The maximum atomic E-state index is 12.5. The molecule has 1 saturated heterocycles. The third-order valence-electron chi connectivity index (χ3n) is 4.42. The van der Waals surface area contributed by atoms with Crippen molar-refractivity contribution in [2.45, 2.75) is 44.9 Å². The van der Waals surface area contributed by atoms with Gasteiger partial charge in [0.2, 0.25) is 0 Å². The summed E-state index contributed by atoms with van der Waals surface area (Å²) < 4.78 is 10.8. The number of aromatic nitrogens is 1. The van der Waals surface area contributed by atoms with E-state index in [0.29, 0.717) is 24.8 Å². The van der Waals surface area contributed by atoms with Crippen LogP contribution in [0.4, 0.5) is 5.69 Å². The van der Waals surface area contributed by atoms with Crippen LogP contribution in [0.5, 0.6) is 5.75 Å². The van der Waals surface area contributed by atoms with Crippen LogP contribution in [0.3, 0.4) is 0 Å². The first-order valence-corrected chi connectivity index (χ1v) is 8.53. The lowest BCUT2D eigenvalue weighted by Gasteiger charge is -2.21. The lowest BCUT2D eigenvalue weighted by molar-refractivity contribution is 0.0794. The van der Waals surface area contributed by atoms with Crippen LogP contribution in [0.25, 0.3) is 0 Å². The van der Waals surface area contributed by atoms with Gasteiger partial charge in [-0.15, -0.1) is 0 Å². The predicted molar refractivity (Wildman–Crippen MR) is 94.1 cm³/mol. The summed E-state index contributed by atoms with van der Waals surface area (Å²) in [7, 11) is 0. The SMILES string of the molecule is CC(C)(C)c1cccc(NC(=O)c2coc(C3CCOCC3)n2)c1O. The number of nitrogens with one attached hydrogen (secondary N) is 1. The molecule has 0 aliphatic carbocycles. The number of nitrogens with zero attached hydrogens (tertiary/aromatic N) is 1. The molecule has 0 saturated carbocycles. The number of ether oxygens (including phenoxy) is 1. The molecule has 0 atom stereocenters. The summed E-state index contributed by atoms with van der Waals surface area (Å²) in [6.45, 7) is 7.38. The first-order chi connectivity index (χ1) is 11.9. The second-order valence-corrected chi connectivity index (χ2v) is 7.36. The van der Waals surface area contributed by atoms with Crippen molar-refractivity contribution in [1.29, 1.82) is 0 Å². The fourth-order valence-corrected chi connectivity index (χ4v) is 2.96. The number of aromatic hydroxyl groups is 1. The minimum absolute atomic E-state index is 0.0801. The van der Waals surface area contributed by atoms with Crippen LogP contribution in [0.1, 0.15) is 61.5 Å². The van der Waals surface area contributed by atoms with E-state index >= 15 is 0 Å². The number of hydrogen-bond acceptors (Lipinski definition) is 5. The fraction of sp³-hybridized carbons (Fsp3) is 0.474. The van der Waals surface area contributed by atoms with Crippen molar-refractivity contribution < 1.29 is 19.1 Å². The zero-order chi connectivity index (χ0) is 18.0. The number of para-hydroxylation sites is 1. The number of phenolic OH excluding ortho intramolecular Hbond substituents is 1. The number of carbonyl (C=O) groups is 1. The van der Waals surface area contributed by atoms with E-state index in [1.165, 1.54) is 6.26 Å². The first-order valence-electron chi connectivity index (χ1n) is 8.53. The molecular weight excluding hydrogens is 320 g/mol. The second-order valence-electron chi connectivity index (χ2n) is 7.36. The van der Waals surface area contributed by atoms with Crippen molar-refractivity contribution in [2.75, 3.05) is 18.5 Å². The van der Waals surface area contributed by atoms with Gasteiger partial charge in [0.15, 0.2) is 11.6 Å². The van der Waals surface area contributed by atoms with E-state index in [4.69, 9.17) is 9.15 Å². The Morgan fingerprint density at radius 3 is 2.68 bits per heavy atom. The molecule has 6 heteroatoms. The van der Waals surface area contributed by atoms with Crippen molar-refractivity contribution in [3.63, 3.8) is 0 Å². The standard InChI is InChI=1S/C19H24N2O4/c1-19(2,3)13-5-4-6-14(16(13)22)20-17(23)15-11-25-18(21-15)12-7-9-24-10-8-12/h4-6,11-12,22H,7-10H2,1-3H3,(H,20,23). The lowest BCUT2D eigenvalue weighted by Crippen LogP contribution is -2.16. The maximum Gasteiger partial charge on any atom is 0.277 e. The normalized spacial score (nSPS) is 16.0. The monoisotopic (exact) mass is 344 g/mol. The number of phenols is 1. The van der Waals surface area contributed by atoms with E-state index in [1.807, 2.05) is 32.9 Å². The van der Waals surface area contributed by atoms with Gasteiger partial charge in [-0.1, -0.05) is 32.9 Å². The average Bonchev–Trinajstić information content (AvgIpc) is 3.06. The maximum absolute atomic E-state index is 12.5. The number of amides is 1. The van der Waals surface area contributed by atoms with Crippen LogP contribution in [0, 0.1) is 0 Å². The minimum atomic E-state index is -0.400. The molecule has 0 spiro atoms. The van der Waals surface area contributed by atoms with Gasteiger partial charge in [0.05, 0.1) is 5.69 Å². The number of hydrogen-bond donors (Lipinski definition) is 2. The summed E-state index contributed by atoms with van der Waals surface area (Å²) in [6.07, 6.45) is 3.05. The van der Waals surface area contributed by atoms with E-state index in [-0.39, 0.29) is 22.8 Å². The highest BCUT2D eigenvalue weighted by atomic mass is 16.5.